The number of halogens is 3. The van der Waals surface area contributed by atoms with Crippen LogP contribution in [0, 0.1) is 11.3 Å². The Morgan fingerprint density at radius 1 is 1.25 bits per heavy atom. The molecule has 1 aromatic heterocycles. The van der Waals surface area contributed by atoms with Gasteiger partial charge in [-0.1, -0.05) is 13.8 Å². The lowest BCUT2D eigenvalue weighted by molar-refractivity contribution is -0.274. The molecule has 0 saturated carbocycles. The van der Waals surface area contributed by atoms with Crippen LogP contribution in [0.25, 0.3) is 16.8 Å². The number of alkyl halides is 3. The highest BCUT2D eigenvalue weighted by Gasteiger charge is 2.31. The van der Waals surface area contributed by atoms with E-state index < -0.39 is 24.1 Å². The Balaban J connectivity index is 2.50. The minimum atomic E-state index is -4.81. The van der Waals surface area contributed by atoms with Gasteiger partial charge in [-0.05, 0) is 36.2 Å². The van der Waals surface area contributed by atoms with Crippen molar-refractivity contribution in [3.63, 3.8) is 0 Å². The molecule has 11 heteroatoms. The number of aliphatic hydroxyl groups excluding tert-OH is 1. The predicted molar refractivity (Wildman–Crippen MR) is 113 cm³/mol. The molecule has 0 aliphatic carbocycles. The number of aliphatic hydroxyl groups is 1. The number of nitrogens with one attached hydrogen (secondary N) is 3. The van der Waals surface area contributed by atoms with Gasteiger partial charge in [0.05, 0.1) is 23.9 Å². The van der Waals surface area contributed by atoms with Gasteiger partial charge in [0.25, 0.3) is 5.91 Å². The molecule has 0 saturated heterocycles. The van der Waals surface area contributed by atoms with Crippen molar-refractivity contribution in [3.8, 4) is 17.0 Å². The Labute approximate surface area is 183 Å². The van der Waals surface area contributed by atoms with E-state index in [9.17, 15) is 23.1 Å². The van der Waals surface area contributed by atoms with Crippen LogP contribution in [0.4, 0.5) is 13.2 Å². The van der Waals surface area contributed by atoms with Crippen molar-refractivity contribution in [1.82, 2.24) is 20.6 Å². The molecule has 1 heterocycles. The smallest absolute Gasteiger partial charge is 0.406 e. The van der Waals surface area contributed by atoms with Crippen LogP contribution < -0.4 is 15.4 Å². The summed E-state index contributed by atoms with van der Waals surface area (Å²) in [5, 5.41) is 22.5. The highest BCUT2D eigenvalue weighted by Crippen LogP contribution is 2.26. The molecular weight excluding hydrogens is 427 g/mol. The maximum absolute atomic E-state index is 12.8. The van der Waals surface area contributed by atoms with E-state index in [0.29, 0.717) is 5.56 Å². The summed E-state index contributed by atoms with van der Waals surface area (Å²) < 4.78 is 41.1. The summed E-state index contributed by atoms with van der Waals surface area (Å²) in [5.41, 5.74) is 0.924. The molecular formula is C21H24F3N5O3. The van der Waals surface area contributed by atoms with E-state index in [1.165, 1.54) is 24.4 Å². The second-order valence-corrected chi connectivity index (χ2v) is 7.07. The van der Waals surface area contributed by atoms with Crippen molar-refractivity contribution in [3.05, 3.63) is 48.1 Å². The summed E-state index contributed by atoms with van der Waals surface area (Å²) in [6.45, 7) is 3.41. The van der Waals surface area contributed by atoms with E-state index in [1.54, 1.807) is 7.05 Å². The number of carbonyl (C=O) groups is 1. The molecule has 8 nitrogen and oxygen atoms in total. The zero-order valence-corrected chi connectivity index (χ0v) is 17.7. The number of allylic oxidation sites excluding steroid dienone is 1. The quantitative estimate of drug-likeness (QED) is 0.435. The Morgan fingerprint density at radius 3 is 2.41 bits per heavy atom. The predicted octanol–water partition coefficient (Wildman–Crippen LogP) is 3.00. The minimum Gasteiger partial charge on any atom is -0.406 e. The SMILES string of the molecule is CN/C=C(\C=N)c1nc(C(=O)N[C@H](CO)C(C)C)cc(-c2ccc(OC(F)(F)F)cc2)n1. The minimum absolute atomic E-state index is 0.0245. The van der Waals surface area contributed by atoms with Gasteiger partial charge in [-0.3, -0.25) is 4.79 Å². The molecule has 2 rings (SSSR count). The summed E-state index contributed by atoms with van der Waals surface area (Å²) >= 11 is 0. The summed E-state index contributed by atoms with van der Waals surface area (Å²) in [4.78, 5) is 21.4. The van der Waals surface area contributed by atoms with Gasteiger partial charge in [0, 0.05) is 25.0 Å². The number of amides is 1. The van der Waals surface area contributed by atoms with Crippen LogP contribution in [-0.2, 0) is 0 Å². The van der Waals surface area contributed by atoms with Crippen LogP contribution in [0.15, 0.2) is 36.5 Å². The average Bonchev–Trinajstić information content (AvgIpc) is 2.74. The average molecular weight is 451 g/mol. The van der Waals surface area contributed by atoms with Gasteiger partial charge in [-0.2, -0.15) is 0 Å². The summed E-state index contributed by atoms with van der Waals surface area (Å²) in [5.74, 6) is -0.926. The fourth-order valence-electron chi connectivity index (χ4n) is 2.66. The van der Waals surface area contributed by atoms with E-state index in [1.807, 2.05) is 13.8 Å². The fourth-order valence-corrected chi connectivity index (χ4v) is 2.66. The lowest BCUT2D eigenvalue weighted by atomic mass is 10.1. The van der Waals surface area contributed by atoms with Crippen LogP contribution in [0.3, 0.4) is 0 Å². The monoisotopic (exact) mass is 451 g/mol. The van der Waals surface area contributed by atoms with Crippen LogP contribution in [0.5, 0.6) is 5.75 Å². The lowest BCUT2D eigenvalue weighted by Gasteiger charge is -2.20. The van der Waals surface area contributed by atoms with Crippen molar-refractivity contribution in [2.75, 3.05) is 13.7 Å². The van der Waals surface area contributed by atoms with Crippen LogP contribution in [-0.4, -0.2) is 53.3 Å². The molecule has 0 aliphatic heterocycles. The molecule has 1 aromatic carbocycles. The van der Waals surface area contributed by atoms with Crippen LogP contribution in [0.1, 0.15) is 30.2 Å². The maximum atomic E-state index is 12.8. The van der Waals surface area contributed by atoms with E-state index in [0.717, 1.165) is 18.3 Å². The fraction of sp³-hybridized carbons (Fsp3) is 0.333. The Bertz CT molecular complexity index is 976. The number of benzene rings is 1. The van der Waals surface area contributed by atoms with Gasteiger partial charge in [0.1, 0.15) is 11.4 Å². The standard InChI is InChI=1S/C21H24F3N5O3/c1-12(2)18(11-30)29-20(31)17-8-16(27-19(28-17)14(9-25)10-26-3)13-4-6-15(7-5-13)32-21(22,23)24/h4-10,12,18,25-26,30H,11H2,1-3H3,(H,29,31)/b14-10+,25-9?/t18-/m1/s1. The van der Waals surface area contributed by atoms with Gasteiger partial charge in [-0.15, -0.1) is 13.2 Å². The Kier molecular flexibility index (Phi) is 8.30. The third-order valence-corrected chi connectivity index (χ3v) is 4.37. The van der Waals surface area contributed by atoms with E-state index >= 15 is 0 Å². The number of carbonyl (C=O) groups excluding carboxylic acids is 1. The summed E-state index contributed by atoms with van der Waals surface area (Å²) in [6, 6.07) is 5.88. The number of aromatic nitrogens is 2. The zero-order valence-electron chi connectivity index (χ0n) is 17.7. The van der Waals surface area contributed by atoms with Crippen molar-refractivity contribution < 1.29 is 27.8 Å². The molecule has 1 amide bonds. The topological polar surface area (TPSA) is 120 Å². The summed E-state index contributed by atoms with van der Waals surface area (Å²) in [6.07, 6.45) is -2.34. The van der Waals surface area contributed by atoms with Crippen LogP contribution >= 0.6 is 0 Å². The van der Waals surface area contributed by atoms with Crippen LogP contribution in [0.2, 0.25) is 0 Å². The molecule has 0 unspecified atom stereocenters. The van der Waals surface area contributed by atoms with Gasteiger partial charge >= 0.3 is 6.36 Å². The molecule has 2 aromatic rings. The van der Waals surface area contributed by atoms with E-state index in [2.05, 4.69) is 25.3 Å². The first kappa shape index (κ1) is 24.8. The third kappa shape index (κ3) is 6.77. The van der Waals surface area contributed by atoms with Gasteiger partial charge in [0.2, 0.25) is 0 Å². The normalized spacial score (nSPS) is 12.9. The second-order valence-electron chi connectivity index (χ2n) is 7.07. The highest BCUT2D eigenvalue weighted by atomic mass is 19.4. The molecule has 0 aliphatic rings. The van der Waals surface area contributed by atoms with Crippen molar-refractivity contribution >= 4 is 17.7 Å². The third-order valence-electron chi connectivity index (χ3n) is 4.37. The number of hydrogen-bond acceptors (Lipinski definition) is 7. The number of ether oxygens (including phenoxy) is 1. The second kappa shape index (κ2) is 10.7. The molecule has 0 spiro atoms. The number of hydrogen-bond donors (Lipinski definition) is 4. The molecule has 1 atom stereocenters. The molecule has 4 N–H and O–H groups in total. The first-order chi connectivity index (χ1) is 15.1. The molecule has 0 radical (unpaired) electrons. The van der Waals surface area contributed by atoms with Gasteiger partial charge < -0.3 is 25.9 Å². The summed E-state index contributed by atoms with van der Waals surface area (Å²) in [7, 11) is 1.62. The number of nitrogens with zero attached hydrogens (tertiary/aromatic N) is 2. The molecule has 0 bridgehead atoms. The van der Waals surface area contributed by atoms with E-state index in [-0.39, 0.29) is 35.3 Å². The maximum Gasteiger partial charge on any atom is 0.573 e. The highest BCUT2D eigenvalue weighted by molar-refractivity contribution is 6.07. The van der Waals surface area contributed by atoms with Crippen molar-refractivity contribution in [1.29, 1.82) is 5.41 Å². The van der Waals surface area contributed by atoms with Gasteiger partial charge in [-0.25, -0.2) is 9.97 Å². The first-order valence-corrected chi connectivity index (χ1v) is 9.63. The Hall–Kier alpha value is -3.47. The number of rotatable bonds is 9. The van der Waals surface area contributed by atoms with E-state index in [4.69, 9.17) is 5.41 Å². The first-order valence-electron chi connectivity index (χ1n) is 9.63. The van der Waals surface area contributed by atoms with Crippen molar-refractivity contribution in [2.45, 2.75) is 26.3 Å². The van der Waals surface area contributed by atoms with Gasteiger partial charge in [0.15, 0.2) is 5.82 Å². The Morgan fingerprint density at radius 2 is 1.91 bits per heavy atom. The zero-order chi connectivity index (χ0) is 23.9. The van der Waals surface area contributed by atoms with Crippen molar-refractivity contribution in [2.24, 2.45) is 5.92 Å². The molecule has 172 valence electrons. The lowest BCUT2D eigenvalue weighted by Crippen LogP contribution is -2.41. The molecule has 32 heavy (non-hydrogen) atoms. The largest absolute Gasteiger partial charge is 0.573 e. The molecule has 0 fully saturated rings.